The summed E-state index contributed by atoms with van der Waals surface area (Å²) in [4.78, 5) is 0. The number of aliphatic hydroxyl groups excluding tert-OH is 1. The number of aliphatic hydroxyl groups is 1. The predicted molar refractivity (Wildman–Crippen MR) is 61.5 cm³/mol. The van der Waals surface area contributed by atoms with Crippen molar-refractivity contribution in [3.8, 4) is 6.07 Å². The Bertz CT molecular complexity index is 345. The minimum Gasteiger partial charge on any atom is -0.396 e. The van der Waals surface area contributed by atoms with E-state index in [0.717, 1.165) is 5.56 Å². The highest BCUT2D eigenvalue weighted by atomic mass is 16.5. The van der Waals surface area contributed by atoms with Crippen molar-refractivity contribution < 1.29 is 9.84 Å². The molecule has 3 heteroatoms. The van der Waals surface area contributed by atoms with E-state index in [4.69, 9.17) is 10.00 Å². The molecule has 1 N–H and O–H groups in total. The maximum absolute atomic E-state index is 9.18. The number of rotatable bonds is 6. The molecule has 0 aliphatic heterocycles. The number of hydrogen-bond donors (Lipinski definition) is 1. The van der Waals surface area contributed by atoms with E-state index in [2.05, 4.69) is 6.07 Å². The molecular formula is C13H17NO2. The maximum atomic E-state index is 9.18. The second-order valence-electron chi connectivity index (χ2n) is 4.28. The Labute approximate surface area is 96.3 Å². The van der Waals surface area contributed by atoms with Gasteiger partial charge in [-0.05, 0) is 5.56 Å². The van der Waals surface area contributed by atoms with Gasteiger partial charge in [0, 0.05) is 11.8 Å². The zero-order chi connectivity index (χ0) is 11.9. The van der Waals surface area contributed by atoms with Gasteiger partial charge in [-0.2, -0.15) is 5.26 Å². The number of hydrogen-bond acceptors (Lipinski definition) is 3. The topological polar surface area (TPSA) is 53.2 Å². The third kappa shape index (κ3) is 4.01. The van der Waals surface area contributed by atoms with E-state index in [1.807, 2.05) is 37.3 Å². The van der Waals surface area contributed by atoms with Gasteiger partial charge in [-0.15, -0.1) is 0 Å². The minimum atomic E-state index is -0.455. The molecule has 0 aliphatic carbocycles. The second-order valence-corrected chi connectivity index (χ2v) is 4.28. The van der Waals surface area contributed by atoms with Gasteiger partial charge in [0.2, 0.25) is 0 Å². The van der Waals surface area contributed by atoms with Gasteiger partial charge in [-0.3, -0.25) is 0 Å². The Morgan fingerprint density at radius 1 is 1.38 bits per heavy atom. The molecule has 0 fully saturated rings. The quantitative estimate of drug-likeness (QED) is 0.797. The third-order valence-corrected chi connectivity index (χ3v) is 2.45. The summed E-state index contributed by atoms with van der Waals surface area (Å²) >= 11 is 0. The lowest BCUT2D eigenvalue weighted by Gasteiger charge is -2.23. The van der Waals surface area contributed by atoms with E-state index in [1.54, 1.807) is 0 Å². The molecule has 0 bridgehead atoms. The van der Waals surface area contributed by atoms with E-state index in [1.165, 1.54) is 0 Å². The van der Waals surface area contributed by atoms with Crippen LogP contribution in [0.25, 0.3) is 0 Å². The van der Waals surface area contributed by atoms with Crippen LogP contribution in [-0.2, 0) is 11.3 Å². The van der Waals surface area contributed by atoms with Gasteiger partial charge < -0.3 is 9.84 Å². The first-order valence-corrected chi connectivity index (χ1v) is 5.30. The van der Waals surface area contributed by atoms with Crippen molar-refractivity contribution >= 4 is 0 Å². The van der Waals surface area contributed by atoms with Crippen LogP contribution in [0.15, 0.2) is 30.3 Å². The average molecular weight is 219 g/mol. The Kier molecular flexibility index (Phi) is 4.97. The summed E-state index contributed by atoms with van der Waals surface area (Å²) in [6.45, 7) is 2.73. The third-order valence-electron chi connectivity index (χ3n) is 2.45. The van der Waals surface area contributed by atoms with Crippen LogP contribution >= 0.6 is 0 Å². The maximum Gasteiger partial charge on any atom is 0.0717 e. The standard InChI is InChI=1S/C13H17NO2/c1-13(10-15,7-8-14)11-16-9-12-5-3-2-4-6-12/h2-6,15H,7,9-11H2,1H3. The fourth-order valence-electron chi connectivity index (χ4n) is 1.33. The second kappa shape index (κ2) is 6.26. The van der Waals surface area contributed by atoms with Crippen LogP contribution in [0, 0.1) is 16.7 Å². The van der Waals surface area contributed by atoms with Crippen LogP contribution in [-0.4, -0.2) is 18.3 Å². The predicted octanol–water partition coefficient (Wildman–Crippen LogP) is 2.12. The van der Waals surface area contributed by atoms with Crippen molar-refractivity contribution in [2.24, 2.45) is 5.41 Å². The summed E-state index contributed by atoms with van der Waals surface area (Å²) in [5.41, 5.74) is 0.642. The van der Waals surface area contributed by atoms with Crippen molar-refractivity contribution in [1.82, 2.24) is 0 Å². The van der Waals surface area contributed by atoms with Crippen molar-refractivity contribution in [2.45, 2.75) is 20.0 Å². The number of nitriles is 1. The average Bonchev–Trinajstić information content (AvgIpc) is 2.31. The van der Waals surface area contributed by atoms with Crippen LogP contribution < -0.4 is 0 Å². The zero-order valence-electron chi connectivity index (χ0n) is 9.52. The van der Waals surface area contributed by atoms with Crippen molar-refractivity contribution in [3.63, 3.8) is 0 Å². The lowest BCUT2D eigenvalue weighted by atomic mass is 9.90. The molecule has 1 aromatic carbocycles. The summed E-state index contributed by atoms with van der Waals surface area (Å²) in [5, 5.41) is 17.8. The molecule has 0 saturated heterocycles. The zero-order valence-corrected chi connectivity index (χ0v) is 9.52. The summed E-state index contributed by atoms with van der Waals surface area (Å²) in [6.07, 6.45) is 0.304. The van der Waals surface area contributed by atoms with Gasteiger partial charge in [0.15, 0.2) is 0 Å². The first-order valence-electron chi connectivity index (χ1n) is 5.30. The van der Waals surface area contributed by atoms with Crippen LogP contribution in [0.3, 0.4) is 0 Å². The Morgan fingerprint density at radius 2 is 2.06 bits per heavy atom. The first-order chi connectivity index (χ1) is 7.70. The molecule has 0 spiro atoms. The van der Waals surface area contributed by atoms with E-state index >= 15 is 0 Å². The van der Waals surface area contributed by atoms with Gasteiger partial charge in [0.25, 0.3) is 0 Å². The Morgan fingerprint density at radius 3 is 2.62 bits per heavy atom. The molecule has 1 unspecified atom stereocenters. The summed E-state index contributed by atoms with van der Waals surface area (Å²) in [5.74, 6) is 0. The van der Waals surface area contributed by atoms with Gasteiger partial charge in [-0.1, -0.05) is 37.3 Å². The minimum absolute atomic E-state index is 0.0324. The van der Waals surface area contributed by atoms with Crippen LogP contribution in [0.5, 0.6) is 0 Å². The van der Waals surface area contributed by atoms with Crippen LogP contribution in [0.2, 0.25) is 0 Å². The van der Waals surface area contributed by atoms with Crippen molar-refractivity contribution in [2.75, 3.05) is 13.2 Å². The number of ether oxygens (including phenoxy) is 1. The highest BCUT2D eigenvalue weighted by Crippen LogP contribution is 2.20. The molecule has 3 nitrogen and oxygen atoms in total. The molecule has 16 heavy (non-hydrogen) atoms. The molecule has 0 aliphatic rings. The number of benzene rings is 1. The highest BCUT2D eigenvalue weighted by molar-refractivity contribution is 5.13. The van der Waals surface area contributed by atoms with Gasteiger partial charge in [0.1, 0.15) is 0 Å². The molecule has 1 aromatic rings. The van der Waals surface area contributed by atoms with Crippen molar-refractivity contribution in [1.29, 1.82) is 5.26 Å². The SMILES string of the molecule is CC(CO)(CC#N)COCc1ccccc1. The lowest BCUT2D eigenvalue weighted by Crippen LogP contribution is -2.27. The first kappa shape index (κ1) is 12.7. The van der Waals surface area contributed by atoms with Gasteiger partial charge in [0.05, 0.1) is 25.9 Å². The Balaban J connectivity index is 2.37. The fourth-order valence-corrected chi connectivity index (χ4v) is 1.33. The van der Waals surface area contributed by atoms with Crippen LogP contribution in [0.4, 0.5) is 0 Å². The molecule has 0 radical (unpaired) electrons. The fraction of sp³-hybridized carbons (Fsp3) is 0.462. The molecular weight excluding hydrogens is 202 g/mol. The molecule has 0 saturated carbocycles. The van der Waals surface area contributed by atoms with Gasteiger partial charge >= 0.3 is 0 Å². The molecule has 0 heterocycles. The smallest absolute Gasteiger partial charge is 0.0717 e. The molecule has 0 amide bonds. The van der Waals surface area contributed by atoms with E-state index in [0.29, 0.717) is 19.6 Å². The van der Waals surface area contributed by atoms with Crippen molar-refractivity contribution in [3.05, 3.63) is 35.9 Å². The summed E-state index contributed by atoms with van der Waals surface area (Å²) in [7, 11) is 0. The van der Waals surface area contributed by atoms with E-state index in [-0.39, 0.29) is 6.61 Å². The monoisotopic (exact) mass is 219 g/mol. The van der Waals surface area contributed by atoms with Gasteiger partial charge in [-0.25, -0.2) is 0 Å². The largest absolute Gasteiger partial charge is 0.396 e. The Hall–Kier alpha value is -1.37. The lowest BCUT2D eigenvalue weighted by molar-refractivity contribution is 0.0119. The summed E-state index contributed by atoms with van der Waals surface area (Å²) in [6, 6.07) is 11.9. The summed E-state index contributed by atoms with van der Waals surface area (Å²) < 4.78 is 5.52. The highest BCUT2D eigenvalue weighted by Gasteiger charge is 2.23. The molecule has 0 aromatic heterocycles. The molecule has 1 rings (SSSR count). The van der Waals surface area contributed by atoms with E-state index < -0.39 is 5.41 Å². The van der Waals surface area contributed by atoms with E-state index in [9.17, 15) is 5.11 Å². The molecule has 86 valence electrons. The molecule has 1 atom stereocenters. The number of nitrogens with zero attached hydrogens (tertiary/aromatic N) is 1. The van der Waals surface area contributed by atoms with Crippen LogP contribution in [0.1, 0.15) is 18.9 Å². The normalized spacial score (nSPS) is 14.1.